The predicted octanol–water partition coefficient (Wildman–Crippen LogP) is 4.50. The van der Waals surface area contributed by atoms with Crippen LogP contribution in [-0.2, 0) is 33.6 Å². The molecule has 0 heterocycles. The van der Waals surface area contributed by atoms with E-state index in [1.807, 2.05) is 60.7 Å². The molecule has 0 aliphatic heterocycles. The van der Waals surface area contributed by atoms with Crippen LogP contribution in [0.25, 0.3) is 0 Å². The molecule has 0 bridgehead atoms. The highest BCUT2D eigenvalue weighted by molar-refractivity contribution is 5.88. The predicted molar refractivity (Wildman–Crippen MR) is 164 cm³/mol. The van der Waals surface area contributed by atoms with Gasteiger partial charge in [0.2, 0.25) is 17.7 Å². The number of aliphatic hydroxyl groups is 1. The first kappa shape index (κ1) is 35.1. The van der Waals surface area contributed by atoms with Crippen LogP contribution in [0.3, 0.4) is 0 Å². The average Bonchev–Trinajstić information content (AvgIpc) is 2.98. The molecule has 8 nitrogen and oxygen atoms in total. The van der Waals surface area contributed by atoms with Crippen molar-refractivity contribution < 1.29 is 37.4 Å². The topological polar surface area (TPSA) is 117 Å². The first-order valence-electron chi connectivity index (χ1n) is 14.9. The molecule has 242 valence electrons. The maximum Gasteiger partial charge on any atom is 0.573 e. The maximum absolute atomic E-state index is 13.4. The van der Waals surface area contributed by atoms with Gasteiger partial charge in [-0.15, -0.1) is 13.2 Å². The summed E-state index contributed by atoms with van der Waals surface area (Å²) in [6, 6.07) is 22.3. The van der Waals surface area contributed by atoms with Gasteiger partial charge in [0.15, 0.2) is 0 Å². The van der Waals surface area contributed by atoms with Gasteiger partial charge in [-0.05, 0) is 54.0 Å². The van der Waals surface area contributed by atoms with E-state index in [-0.39, 0.29) is 43.1 Å². The van der Waals surface area contributed by atoms with E-state index < -0.39 is 42.1 Å². The van der Waals surface area contributed by atoms with Crippen molar-refractivity contribution in [1.29, 1.82) is 0 Å². The second-order valence-electron chi connectivity index (χ2n) is 11.2. The van der Waals surface area contributed by atoms with E-state index in [0.29, 0.717) is 13.0 Å². The number of rotatable bonds is 16. The summed E-state index contributed by atoms with van der Waals surface area (Å²) in [6.07, 6.45) is -5.09. The highest BCUT2D eigenvalue weighted by Crippen LogP contribution is 2.23. The number of ether oxygens (including phenoxy) is 1. The van der Waals surface area contributed by atoms with Gasteiger partial charge in [-0.3, -0.25) is 14.4 Å². The van der Waals surface area contributed by atoms with Gasteiger partial charge in [0.05, 0.1) is 18.6 Å². The van der Waals surface area contributed by atoms with Gasteiger partial charge in [-0.1, -0.05) is 86.6 Å². The molecule has 0 spiro atoms. The molecule has 3 rings (SSSR count). The fraction of sp³-hybridized carbons (Fsp3) is 0.382. The Bertz CT molecular complexity index is 1370. The number of hydrogen-bond acceptors (Lipinski definition) is 5. The van der Waals surface area contributed by atoms with Gasteiger partial charge in [0.1, 0.15) is 11.8 Å². The smallest absolute Gasteiger partial charge is 0.406 e. The molecule has 11 heteroatoms. The van der Waals surface area contributed by atoms with Crippen molar-refractivity contribution >= 4 is 17.7 Å². The fourth-order valence-electron chi connectivity index (χ4n) is 4.78. The highest BCUT2D eigenvalue weighted by Gasteiger charge is 2.32. The summed E-state index contributed by atoms with van der Waals surface area (Å²) in [5.41, 5.74) is 2.23. The summed E-state index contributed by atoms with van der Waals surface area (Å²) in [6.45, 7) is 3.94. The van der Waals surface area contributed by atoms with Gasteiger partial charge < -0.3 is 25.8 Å². The number of halogens is 3. The molecule has 0 aliphatic carbocycles. The third-order valence-electron chi connectivity index (χ3n) is 7.10. The Hall–Kier alpha value is -4.38. The molecule has 0 aromatic heterocycles. The van der Waals surface area contributed by atoms with Crippen LogP contribution >= 0.6 is 0 Å². The molecule has 45 heavy (non-hydrogen) atoms. The molecule has 0 aliphatic rings. The molecule has 0 radical (unpaired) electrons. The van der Waals surface area contributed by atoms with Gasteiger partial charge in [-0.25, -0.2) is 0 Å². The van der Waals surface area contributed by atoms with Crippen LogP contribution in [0.15, 0.2) is 84.9 Å². The monoisotopic (exact) mass is 627 g/mol. The minimum Gasteiger partial charge on any atom is -0.406 e. The van der Waals surface area contributed by atoms with Crippen LogP contribution in [0.5, 0.6) is 5.75 Å². The zero-order valence-electron chi connectivity index (χ0n) is 25.3. The van der Waals surface area contributed by atoms with Crippen molar-refractivity contribution in [1.82, 2.24) is 16.0 Å². The zero-order chi connectivity index (χ0) is 32.8. The number of aliphatic hydroxyl groups excluding tert-OH is 1. The van der Waals surface area contributed by atoms with E-state index in [1.54, 1.807) is 13.8 Å². The minimum atomic E-state index is -4.87. The van der Waals surface area contributed by atoms with E-state index in [0.717, 1.165) is 23.3 Å². The third kappa shape index (κ3) is 13.0. The Kier molecular flexibility index (Phi) is 13.4. The van der Waals surface area contributed by atoms with E-state index in [9.17, 15) is 32.7 Å². The molecule has 0 saturated carbocycles. The summed E-state index contributed by atoms with van der Waals surface area (Å²) in [5, 5.41) is 19.5. The Morgan fingerprint density at radius 3 is 2.07 bits per heavy atom. The molecule has 1 unspecified atom stereocenters. The van der Waals surface area contributed by atoms with Crippen molar-refractivity contribution in [2.45, 2.75) is 70.5 Å². The quantitative estimate of drug-likeness (QED) is 0.187. The summed E-state index contributed by atoms with van der Waals surface area (Å²) in [4.78, 5) is 38.8. The Labute approximate surface area is 261 Å². The number of carbonyl (C=O) groups is 3. The lowest BCUT2D eigenvalue weighted by Gasteiger charge is -2.28. The summed E-state index contributed by atoms with van der Waals surface area (Å²) < 4.78 is 41.7. The zero-order valence-corrected chi connectivity index (χ0v) is 25.3. The van der Waals surface area contributed by atoms with Crippen LogP contribution in [0, 0.1) is 5.92 Å². The second-order valence-corrected chi connectivity index (χ2v) is 11.2. The molecule has 3 amide bonds. The van der Waals surface area contributed by atoms with Crippen molar-refractivity contribution in [3.8, 4) is 5.75 Å². The average molecular weight is 628 g/mol. The second kappa shape index (κ2) is 17.2. The molecular weight excluding hydrogens is 587 g/mol. The van der Waals surface area contributed by atoms with E-state index in [4.69, 9.17) is 0 Å². The lowest BCUT2D eigenvalue weighted by atomic mass is 9.96. The highest BCUT2D eigenvalue weighted by atomic mass is 19.4. The number of nitrogens with one attached hydrogen (secondary N) is 3. The molecule has 4 N–H and O–H groups in total. The van der Waals surface area contributed by atoms with E-state index >= 15 is 0 Å². The number of benzene rings is 3. The van der Waals surface area contributed by atoms with Gasteiger partial charge in [0, 0.05) is 13.0 Å². The van der Waals surface area contributed by atoms with Crippen LogP contribution in [-0.4, -0.2) is 53.9 Å². The first-order chi connectivity index (χ1) is 21.4. The largest absolute Gasteiger partial charge is 0.573 e. The number of carbonyl (C=O) groups excluding carboxylic acids is 3. The van der Waals surface area contributed by atoms with Crippen LogP contribution < -0.4 is 20.7 Å². The van der Waals surface area contributed by atoms with E-state index in [2.05, 4.69) is 20.7 Å². The molecule has 3 aromatic rings. The molecule has 3 atom stereocenters. The lowest BCUT2D eigenvalue weighted by Crippen LogP contribution is -2.55. The Morgan fingerprint density at radius 1 is 0.822 bits per heavy atom. The summed E-state index contributed by atoms with van der Waals surface area (Å²) >= 11 is 0. The standard InChI is InChI=1S/C34H40F3N3O5/c1-23(2)32(40-31(43)22-26-14-9-15-27(20-26)45-34(35,36)37)33(44)39-28(21-25-12-7-4-8-13-25)29(41)16-17-30(42)38-19-18-24-10-5-3-6-11-24/h3-15,20,23,28-29,32,41H,16-19,21-22H2,1-2H3,(H,38,42)(H,39,44)(H,40,43)/t28-,29-,32?/m0/s1. The van der Waals surface area contributed by atoms with Crippen LogP contribution in [0.1, 0.15) is 43.4 Å². The Balaban J connectivity index is 1.60. The van der Waals surface area contributed by atoms with Crippen molar-refractivity contribution in [3.05, 3.63) is 102 Å². The normalized spacial score (nSPS) is 13.4. The number of alkyl halides is 3. The van der Waals surface area contributed by atoms with Crippen molar-refractivity contribution in [2.24, 2.45) is 5.92 Å². The lowest BCUT2D eigenvalue weighted by molar-refractivity contribution is -0.274. The first-order valence-corrected chi connectivity index (χ1v) is 14.9. The van der Waals surface area contributed by atoms with E-state index in [1.165, 1.54) is 12.1 Å². The Morgan fingerprint density at radius 2 is 1.44 bits per heavy atom. The SMILES string of the molecule is CC(C)C(NC(=O)Cc1cccc(OC(F)(F)F)c1)C(=O)N[C@@H](Cc1ccccc1)[C@@H](O)CCC(=O)NCCc1ccccc1. The van der Waals surface area contributed by atoms with Crippen LogP contribution in [0.2, 0.25) is 0 Å². The summed E-state index contributed by atoms with van der Waals surface area (Å²) in [5.74, 6) is -2.11. The van der Waals surface area contributed by atoms with Crippen molar-refractivity contribution in [3.63, 3.8) is 0 Å². The third-order valence-corrected chi connectivity index (χ3v) is 7.10. The maximum atomic E-state index is 13.4. The minimum absolute atomic E-state index is 0.0541. The van der Waals surface area contributed by atoms with Crippen LogP contribution in [0.4, 0.5) is 13.2 Å². The van der Waals surface area contributed by atoms with Gasteiger partial charge in [-0.2, -0.15) is 0 Å². The fourth-order valence-corrected chi connectivity index (χ4v) is 4.78. The van der Waals surface area contributed by atoms with Gasteiger partial charge in [0.25, 0.3) is 0 Å². The summed E-state index contributed by atoms with van der Waals surface area (Å²) in [7, 11) is 0. The molecule has 0 saturated heterocycles. The molecular formula is C34H40F3N3O5. The number of amides is 3. The van der Waals surface area contributed by atoms with Gasteiger partial charge >= 0.3 is 6.36 Å². The molecule has 0 fully saturated rings. The molecule has 3 aromatic carbocycles. The number of hydrogen-bond donors (Lipinski definition) is 4. The van der Waals surface area contributed by atoms with Crippen molar-refractivity contribution in [2.75, 3.05) is 6.54 Å².